The van der Waals surface area contributed by atoms with Gasteiger partial charge in [-0.25, -0.2) is 0 Å². The zero-order valence-electron chi connectivity index (χ0n) is 16.7. The van der Waals surface area contributed by atoms with Gasteiger partial charge >= 0.3 is 0 Å². The molecular formula is C22H32N2O4. The monoisotopic (exact) mass is 388 g/mol. The van der Waals surface area contributed by atoms with E-state index in [0.717, 1.165) is 51.4 Å². The number of amides is 3. The molecule has 0 bridgehead atoms. The topological polar surface area (TPSA) is 74.8 Å². The number of rotatable bonds is 4. The second-order valence-corrected chi connectivity index (χ2v) is 9.14. The summed E-state index contributed by atoms with van der Waals surface area (Å²) in [7, 11) is 0. The second-order valence-electron chi connectivity index (χ2n) is 9.14. The van der Waals surface area contributed by atoms with Gasteiger partial charge in [-0.15, -0.1) is 0 Å². The highest BCUT2D eigenvalue weighted by Crippen LogP contribution is 2.37. The molecule has 154 valence electrons. The van der Waals surface area contributed by atoms with Crippen molar-refractivity contribution < 1.29 is 19.2 Å². The average Bonchev–Trinajstić information content (AvgIpc) is 2.94. The van der Waals surface area contributed by atoms with Crippen LogP contribution in [0.3, 0.4) is 0 Å². The first-order chi connectivity index (χ1) is 13.6. The van der Waals surface area contributed by atoms with Crippen molar-refractivity contribution in [2.45, 2.75) is 95.6 Å². The van der Waals surface area contributed by atoms with Crippen molar-refractivity contribution in [1.29, 1.82) is 0 Å². The Morgan fingerprint density at radius 3 is 1.89 bits per heavy atom. The maximum Gasteiger partial charge on any atom is 0.243 e. The molecule has 0 aromatic rings. The van der Waals surface area contributed by atoms with Crippen molar-refractivity contribution in [1.82, 2.24) is 9.80 Å². The highest BCUT2D eigenvalue weighted by Gasteiger charge is 2.51. The third kappa shape index (κ3) is 3.74. The first-order valence-electron chi connectivity index (χ1n) is 11.2. The summed E-state index contributed by atoms with van der Waals surface area (Å²) in [6.45, 7) is -0.133. The average molecular weight is 389 g/mol. The van der Waals surface area contributed by atoms with Crippen LogP contribution in [0.1, 0.15) is 83.5 Å². The molecule has 0 spiro atoms. The van der Waals surface area contributed by atoms with Gasteiger partial charge in [0, 0.05) is 24.9 Å². The Hall–Kier alpha value is -1.72. The van der Waals surface area contributed by atoms with E-state index in [-0.39, 0.29) is 48.6 Å². The van der Waals surface area contributed by atoms with Crippen LogP contribution in [0.5, 0.6) is 0 Å². The van der Waals surface area contributed by atoms with Gasteiger partial charge in [-0.2, -0.15) is 0 Å². The molecule has 6 nitrogen and oxygen atoms in total. The Morgan fingerprint density at radius 1 is 0.786 bits per heavy atom. The van der Waals surface area contributed by atoms with Crippen molar-refractivity contribution in [3.05, 3.63) is 0 Å². The zero-order chi connectivity index (χ0) is 19.7. The minimum absolute atomic E-state index is 0.0571. The van der Waals surface area contributed by atoms with Gasteiger partial charge in [0.1, 0.15) is 12.3 Å². The van der Waals surface area contributed by atoms with Crippen molar-refractivity contribution in [3.8, 4) is 0 Å². The van der Waals surface area contributed by atoms with Gasteiger partial charge in [-0.3, -0.25) is 24.1 Å². The van der Waals surface area contributed by atoms with Crippen LogP contribution in [-0.4, -0.2) is 51.9 Å². The summed E-state index contributed by atoms with van der Waals surface area (Å²) in [5, 5.41) is 0. The SMILES string of the molecule is O=C1CC[C@@H]2C(=O)N(CC(=O)N(C3CCCCC3)C3CCCCC3)C(=O)[C@@H]2C1. The number of hydrogen-bond acceptors (Lipinski definition) is 4. The summed E-state index contributed by atoms with van der Waals surface area (Å²) >= 11 is 0. The van der Waals surface area contributed by atoms with Crippen molar-refractivity contribution in [2.24, 2.45) is 11.8 Å². The zero-order valence-corrected chi connectivity index (χ0v) is 16.7. The molecule has 28 heavy (non-hydrogen) atoms. The molecule has 4 rings (SSSR count). The van der Waals surface area contributed by atoms with Gasteiger partial charge in [0.05, 0.1) is 11.8 Å². The van der Waals surface area contributed by atoms with E-state index in [4.69, 9.17) is 0 Å². The van der Waals surface area contributed by atoms with Gasteiger partial charge in [0.2, 0.25) is 17.7 Å². The minimum Gasteiger partial charge on any atom is -0.335 e. The quantitative estimate of drug-likeness (QED) is 0.694. The molecule has 1 aliphatic heterocycles. The summed E-state index contributed by atoms with van der Waals surface area (Å²) < 4.78 is 0. The van der Waals surface area contributed by atoms with E-state index >= 15 is 0 Å². The van der Waals surface area contributed by atoms with E-state index in [9.17, 15) is 19.2 Å². The van der Waals surface area contributed by atoms with E-state index in [1.165, 1.54) is 17.7 Å². The highest BCUT2D eigenvalue weighted by molar-refractivity contribution is 6.09. The Labute approximate surface area is 167 Å². The molecule has 1 saturated heterocycles. The Kier molecular flexibility index (Phi) is 5.83. The molecule has 4 fully saturated rings. The molecule has 3 aliphatic carbocycles. The third-order valence-electron chi connectivity index (χ3n) is 7.35. The number of likely N-dealkylation sites (tertiary alicyclic amines) is 1. The number of carbonyl (C=O) groups is 4. The minimum atomic E-state index is -0.528. The van der Waals surface area contributed by atoms with Crippen LogP contribution in [0.4, 0.5) is 0 Å². The van der Waals surface area contributed by atoms with Crippen LogP contribution in [0.15, 0.2) is 0 Å². The van der Waals surface area contributed by atoms with Crippen molar-refractivity contribution >= 4 is 23.5 Å². The van der Waals surface area contributed by atoms with Gasteiger partial charge < -0.3 is 4.90 Å². The number of hydrogen-bond donors (Lipinski definition) is 0. The fourth-order valence-corrected chi connectivity index (χ4v) is 5.87. The Morgan fingerprint density at radius 2 is 1.32 bits per heavy atom. The van der Waals surface area contributed by atoms with Crippen LogP contribution in [0.25, 0.3) is 0 Å². The lowest BCUT2D eigenvalue weighted by Crippen LogP contribution is -2.52. The number of imide groups is 1. The lowest BCUT2D eigenvalue weighted by molar-refractivity contribution is -0.149. The van der Waals surface area contributed by atoms with Gasteiger partial charge in [-0.05, 0) is 32.1 Å². The maximum absolute atomic E-state index is 13.4. The fraction of sp³-hybridized carbons (Fsp3) is 0.818. The number of fused-ring (bicyclic) bond motifs is 1. The van der Waals surface area contributed by atoms with Crippen LogP contribution >= 0.6 is 0 Å². The molecule has 0 N–H and O–H groups in total. The van der Waals surface area contributed by atoms with Crippen LogP contribution in [0.2, 0.25) is 0 Å². The maximum atomic E-state index is 13.4. The summed E-state index contributed by atoms with van der Waals surface area (Å²) in [5.74, 6) is -1.46. The molecule has 0 aromatic carbocycles. The lowest BCUT2D eigenvalue weighted by atomic mass is 9.80. The molecule has 2 atom stereocenters. The van der Waals surface area contributed by atoms with Crippen molar-refractivity contribution in [2.75, 3.05) is 6.54 Å². The summed E-state index contributed by atoms with van der Waals surface area (Å²) in [6, 6.07) is 0.502. The van der Waals surface area contributed by atoms with Crippen LogP contribution in [-0.2, 0) is 19.2 Å². The number of Topliss-reactive ketones (excluding diaryl/α,β-unsaturated/α-hetero) is 1. The molecule has 0 radical (unpaired) electrons. The van der Waals surface area contributed by atoms with E-state index in [1.54, 1.807) is 0 Å². The smallest absolute Gasteiger partial charge is 0.243 e. The molecule has 3 amide bonds. The summed E-state index contributed by atoms with van der Waals surface area (Å²) in [5.41, 5.74) is 0. The molecule has 6 heteroatoms. The van der Waals surface area contributed by atoms with E-state index in [1.807, 2.05) is 0 Å². The largest absolute Gasteiger partial charge is 0.335 e. The van der Waals surface area contributed by atoms with Crippen LogP contribution in [0, 0.1) is 11.8 Å². The molecule has 3 saturated carbocycles. The first kappa shape index (κ1) is 19.6. The van der Waals surface area contributed by atoms with E-state index < -0.39 is 11.8 Å². The summed E-state index contributed by atoms with van der Waals surface area (Å²) in [4.78, 5) is 53.9. The summed E-state index contributed by atoms with van der Waals surface area (Å²) in [6.07, 6.45) is 12.2. The van der Waals surface area contributed by atoms with E-state index in [2.05, 4.69) is 4.90 Å². The third-order valence-corrected chi connectivity index (χ3v) is 7.35. The van der Waals surface area contributed by atoms with Gasteiger partial charge in [0.25, 0.3) is 0 Å². The molecule has 0 unspecified atom stereocenters. The highest BCUT2D eigenvalue weighted by atomic mass is 16.2. The first-order valence-corrected chi connectivity index (χ1v) is 11.2. The standard InChI is InChI=1S/C22H32N2O4/c25-17-11-12-18-19(13-17)22(28)23(21(18)27)14-20(26)24(15-7-3-1-4-8-15)16-9-5-2-6-10-16/h15-16,18-19H,1-14H2/t18-,19+/m0/s1. The fourth-order valence-electron chi connectivity index (χ4n) is 5.87. The Bertz CT molecular complexity index is 631. The van der Waals surface area contributed by atoms with Crippen molar-refractivity contribution in [3.63, 3.8) is 0 Å². The van der Waals surface area contributed by atoms with Gasteiger partial charge in [-0.1, -0.05) is 38.5 Å². The van der Waals surface area contributed by atoms with E-state index in [0.29, 0.717) is 12.8 Å². The van der Waals surface area contributed by atoms with Gasteiger partial charge in [0.15, 0.2) is 0 Å². The second kappa shape index (κ2) is 8.34. The number of ketones is 1. The lowest BCUT2D eigenvalue weighted by Gasteiger charge is -2.42. The Balaban J connectivity index is 1.49. The van der Waals surface area contributed by atoms with Crippen LogP contribution < -0.4 is 0 Å². The normalized spacial score (nSPS) is 29.9. The molecule has 4 aliphatic rings. The number of nitrogens with zero attached hydrogens (tertiary/aromatic N) is 2. The predicted molar refractivity (Wildman–Crippen MR) is 103 cm³/mol. The molecule has 1 heterocycles. The number of carbonyl (C=O) groups excluding carboxylic acids is 4. The molecular weight excluding hydrogens is 356 g/mol. The predicted octanol–water partition coefficient (Wildman–Crippen LogP) is 2.83. The molecule has 0 aromatic heterocycles.